The summed E-state index contributed by atoms with van der Waals surface area (Å²) in [6, 6.07) is 7.63. The molecule has 0 radical (unpaired) electrons. The van der Waals surface area contributed by atoms with E-state index in [1.807, 2.05) is 61.9 Å². The number of ether oxygens (including phenoxy) is 3. The van der Waals surface area contributed by atoms with Gasteiger partial charge in [0.05, 0.1) is 19.9 Å². The van der Waals surface area contributed by atoms with Crippen LogP contribution in [0.5, 0.6) is 11.5 Å². The molecule has 9 heteroatoms. The molecule has 2 aliphatic heterocycles. The Labute approximate surface area is 218 Å². The van der Waals surface area contributed by atoms with Crippen LogP contribution in [0.3, 0.4) is 0 Å². The largest absolute Gasteiger partial charge is 0.493 e. The number of methoxy groups -OCH3 is 2. The van der Waals surface area contributed by atoms with Crippen molar-refractivity contribution >= 4 is 17.7 Å². The maximum absolute atomic E-state index is 13.4. The van der Waals surface area contributed by atoms with Crippen molar-refractivity contribution in [2.24, 2.45) is 0 Å². The van der Waals surface area contributed by atoms with Gasteiger partial charge in [0.15, 0.2) is 17.2 Å². The topological polar surface area (TPSA) is 86.1 Å². The van der Waals surface area contributed by atoms with Gasteiger partial charge in [-0.25, -0.2) is 9.48 Å². The lowest BCUT2D eigenvalue weighted by Gasteiger charge is -2.35. The minimum atomic E-state index is -0.551. The third-order valence-electron chi connectivity index (χ3n) is 6.32. The molecule has 1 saturated heterocycles. The Kier molecular flexibility index (Phi) is 7.90. The van der Waals surface area contributed by atoms with Crippen LogP contribution in [0.2, 0.25) is 0 Å². The third kappa shape index (κ3) is 6.15. The maximum Gasteiger partial charge on any atom is 0.410 e. The van der Waals surface area contributed by atoms with Crippen LogP contribution in [-0.4, -0.2) is 77.6 Å². The van der Waals surface area contributed by atoms with Gasteiger partial charge in [-0.1, -0.05) is 12.2 Å². The molecule has 37 heavy (non-hydrogen) atoms. The Morgan fingerprint density at radius 1 is 0.946 bits per heavy atom. The molecule has 9 nitrogen and oxygen atoms in total. The van der Waals surface area contributed by atoms with E-state index in [1.54, 1.807) is 24.0 Å². The predicted octanol–water partition coefficient (Wildman–Crippen LogP) is 4.37. The molecule has 0 spiro atoms. The van der Waals surface area contributed by atoms with Gasteiger partial charge in [0, 0.05) is 37.4 Å². The number of carbonyl (C=O) groups is 2. The Morgan fingerprint density at radius 3 is 2.32 bits per heavy atom. The lowest BCUT2D eigenvalue weighted by atomic mass is 10.1. The summed E-state index contributed by atoms with van der Waals surface area (Å²) in [7, 11) is 3.22. The quantitative estimate of drug-likeness (QED) is 0.610. The molecule has 198 valence electrons. The van der Waals surface area contributed by atoms with Crippen molar-refractivity contribution in [3.8, 4) is 11.5 Å². The smallest absolute Gasteiger partial charge is 0.410 e. The van der Waals surface area contributed by atoms with Crippen molar-refractivity contribution < 1.29 is 23.8 Å². The number of hydrogen-bond acceptors (Lipinski definition) is 6. The molecule has 1 fully saturated rings. The molecule has 1 aromatic heterocycles. The van der Waals surface area contributed by atoms with Crippen LogP contribution in [0.25, 0.3) is 5.70 Å². The standard InChI is InChI=1S/C28H36N4O5/c1-28(2,3)37-27(34)31-16-14-30(15-17-31)26(33)22-19-21-10-8-6-7-9-11-23(32(21)29-22)20-12-13-24(35-4)25(18-20)36-5/h7,9,11-13,18-19H,6,8,10,14-17H2,1-5H3/b9-7-,23-11-. The average Bonchev–Trinajstić information content (AvgIpc) is 3.32. The molecular formula is C28H36N4O5. The van der Waals surface area contributed by atoms with E-state index in [2.05, 4.69) is 6.08 Å². The van der Waals surface area contributed by atoms with E-state index >= 15 is 0 Å². The van der Waals surface area contributed by atoms with E-state index in [-0.39, 0.29) is 12.0 Å². The number of rotatable bonds is 4. The average molecular weight is 509 g/mol. The lowest BCUT2D eigenvalue weighted by molar-refractivity contribution is 0.0140. The number of amides is 2. The molecular weight excluding hydrogens is 472 g/mol. The Bertz CT molecular complexity index is 1200. The molecule has 0 N–H and O–H groups in total. The van der Waals surface area contributed by atoms with Crippen molar-refractivity contribution in [3.05, 3.63) is 59.4 Å². The predicted molar refractivity (Wildman–Crippen MR) is 141 cm³/mol. The molecule has 2 aromatic rings. The summed E-state index contributed by atoms with van der Waals surface area (Å²) in [6.07, 6.45) is 8.52. The number of piperazine rings is 1. The molecule has 0 unspecified atom stereocenters. The number of fused-ring (bicyclic) bond motifs is 1. The molecule has 2 aliphatic rings. The SMILES string of the molecule is COc1ccc(/C2=C/C=C\CCCc3cc(C(=O)N4CCN(C(=O)OC(C)(C)C)CC4)nn32)cc1OC. The second-order valence-corrected chi connectivity index (χ2v) is 10.1. The number of carbonyl (C=O) groups excluding carboxylic acids is 2. The van der Waals surface area contributed by atoms with Gasteiger partial charge in [-0.2, -0.15) is 5.10 Å². The number of hydrogen-bond donors (Lipinski definition) is 0. The van der Waals surface area contributed by atoms with Crippen molar-refractivity contribution in [1.82, 2.24) is 19.6 Å². The van der Waals surface area contributed by atoms with Gasteiger partial charge in [0.2, 0.25) is 0 Å². The summed E-state index contributed by atoms with van der Waals surface area (Å²) >= 11 is 0. The zero-order chi connectivity index (χ0) is 26.6. The number of nitrogens with zero attached hydrogens (tertiary/aromatic N) is 4. The van der Waals surface area contributed by atoms with Crippen LogP contribution in [0, 0.1) is 0 Å². The number of aryl methyl sites for hydroxylation is 1. The second kappa shape index (κ2) is 11.1. The summed E-state index contributed by atoms with van der Waals surface area (Å²) in [5, 5.41) is 4.77. The second-order valence-electron chi connectivity index (χ2n) is 10.1. The highest BCUT2D eigenvalue weighted by molar-refractivity contribution is 5.93. The fraction of sp³-hybridized carbons (Fsp3) is 0.464. The highest BCUT2D eigenvalue weighted by atomic mass is 16.6. The van der Waals surface area contributed by atoms with Gasteiger partial charge in [0.25, 0.3) is 5.91 Å². The van der Waals surface area contributed by atoms with Gasteiger partial charge in [-0.15, -0.1) is 0 Å². The van der Waals surface area contributed by atoms with Crippen LogP contribution in [-0.2, 0) is 11.2 Å². The van der Waals surface area contributed by atoms with E-state index < -0.39 is 5.60 Å². The van der Waals surface area contributed by atoms with E-state index in [0.717, 1.165) is 36.2 Å². The summed E-state index contributed by atoms with van der Waals surface area (Å²) in [6.45, 7) is 7.25. The fourth-order valence-electron chi connectivity index (χ4n) is 4.43. The van der Waals surface area contributed by atoms with Crippen LogP contribution in [0.15, 0.2) is 42.5 Å². The van der Waals surface area contributed by atoms with Crippen molar-refractivity contribution in [2.75, 3.05) is 40.4 Å². The zero-order valence-electron chi connectivity index (χ0n) is 22.3. The van der Waals surface area contributed by atoms with E-state index in [0.29, 0.717) is 43.4 Å². The first-order chi connectivity index (χ1) is 17.7. The van der Waals surface area contributed by atoms with Gasteiger partial charge in [-0.3, -0.25) is 4.79 Å². The van der Waals surface area contributed by atoms with Crippen LogP contribution < -0.4 is 9.47 Å². The fourth-order valence-corrected chi connectivity index (χ4v) is 4.43. The number of allylic oxidation sites excluding steroid dienone is 3. The van der Waals surface area contributed by atoms with Crippen molar-refractivity contribution in [2.45, 2.75) is 45.6 Å². The van der Waals surface area contributed by atoms with E-state index in [9.17, 15) is 9.59 Å². The Morgan fingerprint density at radius 2 is 1.65 bits per heavy atom. The molecule has 1 aromatic carbocycles. The number of benzene rings is 1. The third-order valence-corrected chi connectivity index (χ3v) is 6.32. The Hall–Kier alpha value is -3.75. The first kappa shape index (κ1) is 26.3. The van der Waals surface area contributed by atoms with Gasteiger partial charge < -0.3 is 24.0 Å². The normalized spacial score (nSPS) is 18.5. The molecule has 0 atom stereocenters. The highest BCUT2D eigenvalue weighted by Crippen LogP contribution is 2.32. The van der Waals surface area contributed by atoms with Crippen LogP contribution >= 0.6 is 0 Å². The van der Waals surface area contributed by atoms with E-state index in [1.165, 1.54) is 0 Å². The maximum atomic E-state index is 13.4. The molecule has 4 rings (SSSR count). The van der Waals surface area contributed by atoms with E-state index in [4.69, 9.17) is 19.3 Å². The van der Waals surface area contributed by atoms with Crippen LogP contribution in [0.1, 0.15) is 55.4 Å². The molecule has 2 amide bonds. The lowest BCUT2D eigenvalue weighted by Crippen LogP contribution is -2.51. The molecule has 0 saturated carbocycles. The van der Waals surface area contributed by atoms with Crippen molar-refractivity contribution in [1.29, 1.82) is 0 Å². The minimum absolute atomic E-state index is 0.136. The minimum Gasteiger partial charge on any atom is -0.493 e. The Balaban J connectivity index is 1.57. The number of aromatic nitrogens is 2. The summed E-state index contributed by atoms with van der Waals surface area (Å²) < 4.78 is 18.2. The van der Waals surface area contributed by atoms with Crippen molar-refractivity contribution in [3.63, 3.8) is 0 Å². The monoisotopic (exact) mass is 508 g/mol. The molecule has 0 bridgehead atoms. The summed E-state index contributed by atoms with van der Waals surface area (Å²) in [5.74, 6) is 1.13. The van der Waals surface area contributed by atoms with Gasteiger partial charge in [0.1, 0.15) is 5.60 Å². The first-order valence-corrected chi connectivity index (χ1v) is 12.7. The summed E-state index contributed by atoms with van der Waals surface area (Å²) in [4.78, 5) is 29.2. The van der Waals surface area contributed by atoms with Gasteiger partial charge >= 0.3 is 6.09 Å². The van der Waals surface area contributed by atoms with Crippen LogP contribution in [0.4, 0.5) is 4.79 Å². The highest BCUT2D eigenvalue weighted by Gasteiger charge is 2.29. The van der Waals surface area contributed by atoms with Gasteiger partial charge in [-0.05, 0) is 70.4 Å². The zero-order valence-corrected chi connectivity index (χ0v) is 22.3. The first-order valence-electron chi connectivity index (χ1n) is 12.7. The molecule has 0 aliphatic carbocycles. The summed E-state index contributed by atoms with van der Waals surface area (Å²) in [5.41, 5.74) is 2.57. The molecule has 3 heterocycles.